The van der Waals surface area contributed by atoms with Gasteiger partial charge >= 0.3 is 12.7 Å². The lowest BCUT2D eigenvalue weighted by Gasteiger charge is -2.35. The zero-order valence-corrected chi connectivity index (χ0v) is 16.5. The summed E-state index contributed by atoms with van der Waals surface area (Å²) in [6.45, 7) is 4.64. The second-order valence-corrected chi connectivity index (χ2v) is 12.2. The summed E-state index contributed by atoms with van der Waals surface area (Å²) in [6, 6.07) is -0.597. The second kappa shape index (κ2) is 8.95. The molecule has 0 saturated heterocycles. The van der Waals surface area contributed by atoms with Crippen LogP contribution < -0.4 is 5.73 Å². The highest BCUT2D eigenvalue weighted by Gasteiger charge is 2.52. The van der Waals surface area contributed by atoms with Crippen LogP contribution in [0.5, 0.6) is 0 Å². The molecule has 20 heavy (non-hydrogen) atoms. The van der Waals surface area contributed by atoms with Crippen LogP contribution in [0.15, 0.2) is 0 Å². The lowest BCUT2D eigenvalue weighted by molar-refractivity contribution is -0.621. The summed E-state index contributed by atoms with van der Waals surface area (Å²) < 4.78 is 23.7. The molecule has 0 heterocycles. The van der Waals surface area contributed by atoms with Gasteiger partial charge in [0.2, 0.25) is 0 Å². The van der Waals surface area contributed by atoms with Crippen LogP contribution in [0, 0.1) is 0 Å². The Morgan fingerprint density at radius 2 is 2.00 bits per heavy atom. The first kappa shape index (κ1) is 20.7. The number of nitrogens with zero attached hydrogens (tertiary/aromatic N) is 1. The summed E-state index contributed by atoms with van der Waals surface area (Å²) in [5.41, 5.74) is 5.48. The van der Waals surface area contributed by atoms with E-state index in [2.05, 4.69) is 0 Å². The summed E-state index contributed by atoms with van der Waals surface area (Å²) in [6.07, 6.45) is -0.204. The molecule has 2 N–H and O–H groups in total. The van der Waals surface area contributed by atoms with Crippen LogP contribution in [0.1, 0.15) is 27.7 Å². The van der Waals surface area contributed by atoms with Crippen molar-refractivity contribution in [2.45, 2.75) is 39.8 Å². The molecule has 0 amide bonds. The first-order valence-electron chi connectivity index (χ1n) is 6.48. The SMILES string of the molecule is CCOP(=O)(SCCN)[N+](C)(I)[C@@H](C)C(=O)OC(C)C. The summed E-state index contributed by atoms with van der Waals surface area (Å²) >= 11 is 3.18. The van der Waals surface area contributed by atoms with Gasteiger partial charge in [0.15, 0.2) is 6.04 Å². The molecule has 2 unspecified atom stereocenters. The standard InChI is InChI=1S/C11H25IN2O4PS/c1-6-17-19(16,20-8-7-13)14(5,12)10(4)11(15)18-9(2)3/h9-10H,6-8,13H2,1-5H3/q+1/t10-,14?,19?/m0/s1. The van der Waals surface area contributed by atoms with E-state index in [9.17, 15) is 9.36 Å². The van der Waals surface area contributed by atoms with Crippen LogP contribution in [0.25, 0.3) is 0 Å². The maximum Gasteiger partial charge on any atom is 0.449 e. The van der Waals surface area contributed by atoms with Crippen molar-refractivity contribution in [3.63, 3.8) is 0 Å². The molecule has 0 bridgehead atoms. The Kier molecular flexibility index (Phi) is 9.24. The van der Waals surface area contributed by atoms with Crippen LogP contribution in [0.3, 0.4) is 0 Å². The molecule has 120 valence electrons. The molecule has 3 atom stereocenters. The smallest absolute Gasteiger partial charge is 0.449 e. The van der Waals surface area contributed by atoms with Gasteiger partial charge in [0, 0.05) is 12.3 Å². The van der Waals surface area contributed by atoms with Gasteiger partial charge in [-0.3, -0.25) is 4.52 Å². The Morgan fingerprint density at radius 3 is 2.40 bits per heavy atom. The van der Waals surface area contributed by atoms with Gasteiger partial charge in [-0.1, -0.05) is 0 Å². The molecule has 0 radical (unpaired) electrons. The number of rotatable bonds is 9. The first-order valence-corrected chi connectivity index (χ1v) is 10.6. The van der Waals surface area contributed by atoms with E-state index in [1.165, 1.54) is 11.4 Å². The quantitative estimate of drug-likeness (QED) is 0.258. The number of carbonyl (C=O) groups is 1. The van der Waals surface area contributed by atoms with Gasteiger partial charge in [-0.25, -0.2) is 9.36 Å². The van der Waals surface area contributed by atoms with Crippen molar-refractivity contribution in [1.29, 1.82) is 0 Å². The van der Waals surface area contributed by atoms with Gasteiger partial charge in [0.1, 0.15) is 0 Å². The van der Waals surface area contributed by atoms with Gasteiger partial charge < -0.3 is 10.5 Å². The van der Waals surface area contributed by atoms with E-state index in [-0.39, 0.29) is 14.5 Å². The van der Waals surface area contributed by atoms with Crippen molar-refractivity contribution in [1.82, 2.24) is 0 Å². The lowest BCUT2D eigenvalue weighted by atomic mass is 10.3. The van der Waals surface area contributed by atoms with E-state index in [1.807, 2.05) is 22.9 Å². The second-order valence-electron chi connectivity index (χ2n) is 4.59. The van der Waals surface area contributed by atoms with E-state index in [0.29, 0.717) is 18.9 Å². The van der Waals surface area contributed by atoms with Crippen LogP contribution in [0.4, 0.5) is 0 Å². The van der Waals surface area contributed by atoms with Crippen molar-refractivity contribution >= 4 is 46.9 Å². The zero-order chi connectivity index (χ0) is 16.0. The summed E-state index contributed by atoms with van der Waals surface area (Å²) in [5.74, 6) is 0.130. The van der Waals surface area contributed by atoms with Gasteiger partial charge in [-0.05, 0) is 39.1 Å². The number of esters is 1. The minimum absolute atomic E-state index is 0.0885. The highest BCUT2D eigenvalue weighted by molar-refractivity contribution is 14.1. The van der Waals surface area contributed by atoms with E-state index >= 15 is 0 Å². The van der Waals surface area contributed by atoms with Crippen molar-refractivity contribution < 1.29 is 21.1 Å². The average molecular weight is 439 g/mol. The fourth-order valence-electron chi connectivity index (χ4n) is 1.33. The largest absolute Gasteiger partial charge is 0.459 e. The Labute approximate surface area is 139 Å². The average Bonchev–Trinajstić information content (AvgIpc) is 2.34. The Bertz CT molecular complexity index is 368. The molecule has 0 aliphatic carbocycles. The van der Waals surface area contributed by atoms with Crippen LogP contribution in [-0.2, 0) is 18.6 Å². The normalized spacial score (nSPS) is 19.2. The van der Waals surface area contributed by atoms with Crippen LogP contribution in [0.2, 0.25) is 0 Å². The minimum atomic E-state index is -3.13. The Morgan fingerprint density at radius 1 is 1.45 bits per heavy atom. The summed E-state index contributed by atoms with van der Waals surface area (Å²) in [4.78, 5) is 12.1. The van der Waals surface area contributed by atoms with Crippen molar-refractivity contribution in [2.24, 2.45) is 5.73 Å². The highest BCUT2D eigenvalue weighted by Crippen LogP contribution is 2.69. The van der Waals surface area contributed by atoms with E-state index in [1.54, 1.807) is 34.7 Å². The number of carbonyl (C=O) groups excluding carboxylic acids is 1. The van der Waals surface area contributed by atoms with Crippen LogP contribution in [-0.4, -0.2) is 46.5 Å². The number of ether oxygens (including phenoxy) is 1. The summed E-state index contributed by atoms with van der Waals surface area (Å²) in [7, 11) is 1.72. The Balaban J connectivity index is 5.19. The van der Waals surface area contributed by atoms with Crippen molar-refractivity contribution in [2.75, 3.05) is 26.0 Å². The fourth-order valence-corrected chi connectivity index (χ4v) is 7.41. The number of nitrogens with two attached hydrogens (primary N) is 1. The molecule has 0 aromatic rings. The molecule has 0 aromatic carbocycles. The molecular weight excluding hydrogens is 414 g/mol. The van der Waals surface area contributed by atoms with Crippen molar-refractivity contribution in [3.05, 3.63) is 0 Å². The third-order valence-corrected chi connectivity index (χ3v) is 11.5. The number of hydrogen-bond donors (Lipinski definition) is 1. The number of hydrogen-bond acceptors (Lipinski definition) is 6. The number of quaternary nitrogens is 1. The predicted octanol–water partition coefficient (Wildman–Crippen LogP) is 2.96. The maximum absolute atomic E-state index is 13.1. The third-order valence-electron chi connectivity index (χ3n) is 2.54. The fraction of sp³-hybridized carbons (Fsp3) is 0.909. The topological polar surface area (TPSA) is 78.6 Å². The van der Waals surface area contributed by atoms with Crippen molar-refractivity contribution in [3.8, 4) is 0 Å². The first-order chi connectivity index (χ1) is 9.12. The van der Waals surface area contributed by atoms with Gasteiger partial charge in [0.25, 0.3) is 22.9 Å². The molecule has 0 aliphatic heterocycles. The highest BCUT2D eigenvalue weighted by atomic mass is 127. The molecule has 0 fully saturated rings. The van der Waals surface area contributed by atoms with Gasteiger partial charge in [-0.2, -0.15) is 2.47 Å². The lowest BCUT2D eigenvalue weighted by Crippen LogP contribution is -2.44. The minimum Gasteiger partial charge on any atom is -0.459 e. The maximum atomic E-state index is 13.1. The molecule has 9 heteroatoms. The number of halogens is 1. The van der Waals surface area contributed by atoms with Crippen LogP contribution >= 0.6 is 41.0 Å². The predicted molar refractivity (Wildman–Crippen MR) is 91.6 cm³/mol. The van der Waals surface area contributed by atoms with E-state index in [0.717, 1.165) is 0 Å². The zero-order valence-electron chi connectivity index (χ0n) is 12.7. The molecule has 0 saturated carbocycles. The molecule has 6 nitrogen and oxygen atoms in total. The molecule has 0 rings (SSSR count). The molecular formula is C11H25IN2O4PS+. The summed E-state index contributed by atoms with van der Waals surface area (Å²) in [5, 5.41) is 0. The molecule has 0 aliphatic rings. The Hall–Kier alpha value is 0.660. The molecule has 0 aromatic heterocycles. The van der Waals surface area contributed by atoms with Gasteiger partial charge in [-0.15, -0.1) is 0 Å². The third kappa shape index (κ3) is 5.46. The molecule has 0 spiro atoms. The number of likely N-dealkylation sites (N-methyl/N-ethyl adjacent to an activating group) is 1. The van der Waals surface area contributed by atoms with Gasteiger partial charge in [0.05, 0.1) is 19.8 Å². The van der Waals surface area contributed by atoms with E-state index < -0.39 is 12.8 Å². The monoisotopic (exact) mass is 439 g/mol. The van der Waals surface area contributed by atoms with E-state index in [4.69, 9.17) is 15.0 Å².